The number of nitrogens with zero attached hydrogens (tertiary/aromatic N) is 2. The largest absolute Gasteiger partial charge is 0.362 e. The van der Waals surface area contributed by atoms with Crippen LogP contribution in [0.2, 0.25) is 0 Å². The minimum Gasteiger partial charge on any atom is -0.362 e. The van der Waals surface area contributed by atoms with E-state index in [0.29, 0.717) is 18.0 Å². The molecule has 4 nitrogen and oxygen atoms in total. The minimum absolute atomic E-state index is 0.0418. The first-order chi connectivity index (χ1) is 12.2. The lowest BCUT2D eigenvalue weighted by Gasteiger charge is -2.18. The molecule has 0 saturated carbocycles. The molecular formula is C20H21N3OS. The summed E-state index contributed by atoms with van der Waals surface area (Å²) in [5, 5.41) is 13.3. The zero-order chi connectivity index (χ0) is 17.4. The predicted octanol–water partition coefficient (Wildman–Crippen LogP) is 3.75. The van der Waals surface area contributed by atoms with Crippen molar-refractivity contribution in [1.82, 2.24) is 0 Å². The third-order valence-corrected chi connectivity index (χ3v) is 6.36. The van der Waals surface area contributed by atoms with E-state index in [-0.39, 0.29) is 5.91 Å². The molecule has 1 aromatic carbocycles. The maximum absolute atomic E-state index is 12.6. The highest BCUT2D eigenvalue weighted by Gasteiger charge is 2.26. The second-order valence-corrected chi connectivity index (χ2v) is 8.12. The van der Waals surface area contributed by atoms with Gasteiger partial charge in [-0.25, -0.2) is 0 Å². The lowest BCUT2D eigenvalue weighted by Crippen LogP contribution is -2.31. The molecule has 0 bridgehead atoms. The van der Waals surface area contributed by atoms with Crippen molar-refractivity contribution in [3.8, 4) is 6.07 Å². The maximum atomic E-state index is 12.6. The van der Waals surface area contributed by atoms with Crippen molar-refractivity contribution in [2.24, 2.45) is 5.92 Å². The van der Waals surface area contributed by atoms with E-state index in [1.54, 1.807) is 11.3 Å². The Morgan fingerprint density at radius 1 is 1.40 bits per heavy atom. The van der Waals surface area contributed by atoms with E-state index in [2.05, 4.69) is 35.3 Å². The monoisotopic (exact) mass is 351 g/mol. The third-order valence-electron chi connectivity index (χ3n) is 5.19. The molecule has 1 amide bonds. The molecule has 1 N–H and O–H groups in total. The fourth-order valence-corrected chi connectivity index (χ4v) is 5.24. The Morgan fingerprint density at radius 2 is 2.24 bits per heavy atom. The van der Waals surface area contributed by atoms with Crippen LogP contribution >= 0.6 is 11.3 Å². The van der Waals surface area contributed by atoms with Gasteiger partial charge < -0.3 is 10.2 Å². The van der Waals surface area contributed by atoms with E-state index >= 15 is 0 Å². The van der Waals surface area contributed by atoms with Crippen molar-refractivity contribution >= 4 is 27.9 Å². The smallest absolute Gasteiger partial charge is 0.244 e. The molecule has 5 heteroatoms. The first-order valence-electron chi connectivity index (χ1n) is 8.83. The molecule has 4 rings (SSSR count). The summed E-state index contributed by atoms with van der Waals surface area (Å²) >= 11 is 1.59. The van der Waals surface area contributed by atoms with Gasteiger partial charge in [0.1, 0.15) is 11.1 Å². The Morgan fingerprint density at radius 3 is 3.08 bits per heavy atom. The van der Waals surface area contributed by atoms with Crippen molar-refractivity contribution in [1.29, 1.82) is 5.26 Å². The molecule has 2 heterocycles. The number of hydrogen-bond acceptors (Lipinski definition) is 4. The number of rotatable bonds is 3. The van der Waals surface area contributed by atoms with Crippen LogP contribution < -0.4 is 10.2 Å². The number of para-hydroxylation sites is 1. The second-order valence-electron chi connectivity index (χ2n) is 7.02. The summed E-state index contributed by atoms with van der Waals surface area (Å²) in [6.07, 6.45) is 4.07. The molecule has 128 valence electrons. The summed E-state index contributed by atoms with van der Waals surface area (Å²) in [4.78, 5) is 16.0. The van der Waals surface area contributed by atoms with Crippen molar-refractivity contribution in [3.05, 3.63) is 45.8 Å². The molecule has 1 aliphatic carbocycles. The van der Waals surface area contributed by atoms with Crippen LogP contribution in [0.5, 0.6) is 0 Å². The van der Waals surface area contributed by atoms with Crippen molar-refractivity contribution in [2.75, 3.05) is 23.3 Å². The summed E-state index contributed by atoms with van der Waals surface area (Å²) in [6.45, 7) is 3.45. The number of carbonyl (C=O) groups excluding carboxylic acids is 1. The zero-order valence-electron chi connectivity index (χ0n) is 14.3. The van der Waals surface area contributed by atoms with Gasteiger partial charge in [-0.05, 0) is 48.8 Å². The Kier molecular flexibility index (Phi) is 4.22. The van der Waals surface area contributed by atoms with Gasteiger partial charge in [0.05, 0.1) is 12.1 Å². The molecule has 1 atom stereocenters. The summed E-state index contributed by atoms with van der Waals surface area (Å²) in [5.41, 5.74) is 4.29. The van der Waals surface area contributed by atoms with Gasteiger partial charge in [0, 0.05) is 17.1 Å². The van der Waals surface area contributed by atoms with Crippen LogP contribution in [0.15, 0.2) is 24.3 Å². The van der Waals surface area contributed by atoms with Crippen molar-refractivity contribution in [3.63, 3.8) is 0 Å². The predicted molar refractivity (Wildman–Crippen MR) is 101 cm³/mol. The molecule has 0 fully saturated rings. The van der Waals surface area contributed by atoms with E-state index in [0.717, 1.165) is 48.5 Å². The number of nitriles is 1. The van der Waals surface area contributed by atoms with E-state index in [1.807, 2.05) is 12.1 Å². The molecule has 0 spiro atoms. The number of thiophene rings is 1. The highest BCUT2D eigenvalue weighted by molar-refractivity contribution is 7.16. The molecule has 25 heavy (non-hydrogen) atoms. The van der Waals surface area contributed by atoms with Gasteiger partial charge in [0.15, 0.2) is 0 Å². The molecule has 1 aliphatic heterocycles. The molecular weight excluding hydrogens is 330 g/mol. The van der Waals surface area contributed by atoms with Crippen LogP contribution in [0.4, 0.5) is 10.7 Å². The number of carbonyl (C=O) groups is 1. The third kappa shape index (κ3) is 3.03. The molecule has 0 unspecified atom stereocenters. The summed E-state index contributed by atoms with van der Waals surface area (Å²) in [7, 11) is 0. The number of nitrogens with one attached hydrogen (secondary N) is 1. The van der Waals surface area contributed by atoms with Crippen molar-refractivity contribution in [2.45, 2.75) is 32.6 Å². The normalized spacial score (nSPS) is 18.4. The number of amides is 1. The van der Waals surface area contributed by atoms with Crippen molar-refractivity contribution < 1.29 is 4.79 Å². The summed E-state index contributed by atoms with van der Waals surface area (Å²) in [6, 6.07) is 10.6. The van der Waals surface area contributed by atoms with E-state index in [4.69, 9.17) is 0 Å². The highest BCUT2D eigenvalue weighted by Crippen LogP contribution is 2.39. The van der Waals surface area contributed by atoms with Gasteiger partial charge in [0.2, 0.25) is 5.91 Å². The van der Waals surface area contributed by atoms with Gasteiger partial charge in [-0.1, -0.05) is 25.1 Å². The lowest BCUT2D eigenvalue weighted by molar-refractivity contribution is -0.114. The first-order valence-corrected chi connectivity index (χ1v) is 9.64. The fourth-order valence-electron chi connectivity index (χ4n) is 3.87. The van der Waals surface area contributed by atoms with Gasteiger partial charge in [-0.3, -0.25) is 4.79 Å². The first kappa shape index (κ1) is 16.2. The van der Waals surface area contributed by atoms with Crippen LogP contribution in [0.25, 0.3) is 0 Å². The minimum atomic E-state index is -0.0418. The Balaban J connectivity index is 1.50. The molecule has 2 aromatic rings. The average Bonchev–Trinajstić information content (AvgIpc) is 3.15. The molecule has 1 aromatic heterocycles. The second kappa shape index (κ2) is 6.53. The standard InChI is InChI=1S/C20H21N3OS/c1-13-6-7-15-16(11-21)20(25-18(15)10-13)22-19(24)12-23-9-8-14-4-2-3-5-17(14)23/h2-5,13H,6-10,12H2,1H3,(H,22,24)/t13-/m0/s1. The SMILES string of the molecule is C[C@H]1CCc2c(sc(NC(=O)CN3CCc4ccccc43)c2C#N)C1. The summed E-state index contributed by atoms with van der Waals surface area (Å²) < 4.78 is 0. The lowest BCUT2D eigenvalue weighted by atomic mass is 9.89. The van der Waals surface area contributed by atoms with E-state index < -0.39 is 0 Å². The number of fused-ring (bicyclic) bond motifs is 2. The van der Waals surface area contributed by atoms with Crippen LogP contribution in [0, 0.1) is 17.2 Å². The zero-order valence-corrected chi connectivity index (χ0v) is 15.2. The average molecular weight is 351 g/mol. The van der Waals surface area contributed by atoms with E-state index in [1.165, 1.54) is 10.4 Å². The van der Waals surface area contributed by atoms with Crippen LogP contribution in [-0.2, 0) is 24.1 Å². The number of benzene rings is 1. The Hall–Kier alpha value is -2.32. The molecule has 2 aliphatic rings. The maximum Gasteiger partial charge on any atom is 0.244 e. The van der Waals surface area contributed by atoms with Crippen LogP contribution in [0.3, 0.4) is 0 Å². The van der Waals surface area contributed by atoms with Gasteiger partial charge in [-0.2, -0.15) is 5.26 Å². The van der Waals surface area contributed by atoms with Crippen LogP contribution in [0.1, 0.15) is 34.9 Å². The molecule has 0 saturated heterocycles. The Labute approximate surface area is 152 Å². The fraction of sp³-hybridized carbons (Fsp3) is 0.400. The summed E-state index contributed by atoms with van der Waals surface area (Å²) in [5.74, 6) is 0.613. The number of anilines is 2. The van der Waals surface area contributed by atoms with Crippen LogP contribution in [-0.4, -0.2) is 19.0 Å². The molecule has 0 radical (unpaired) electrons. The highest BCUT2D eigenvalue weighted by atomic mass is 32.1. The number of hydrogen-bond donors (Lipinski definition) is 1. The van der Waals surface area contributed by atoms with E-state index in [9.17, 15) is 10.1 Å². The Bertz CT molecular complexity index is 864. The topological polar surface area (TPSA) is 56.1 Å². The van der Waals surface area contributed by atoms with Gasteiger partial charge in [0.25, 0.3) is 0 Å². The van der Waals surface area contributed by atoms with Gasteiger partial charge >= 0.3 is 0 Å². The quantitative estimate of drug-likeness (QED) is 0.916. The van der Waals surface area contributed by atoms with Gasteiger partial charge in [-0.15, -0.1) is 11.3 Å².